The fourth-order valence-corrected chi connectivity index (χ4v) is 2.18. The number of amides is 1. The van der Waals surface area contributed by atoms with Gasteiger partial charge >= 0.3 is 0 Å². The number of alkyl halides is 1. The summed E-state index contributed by atoms with van der Waals surface area (Å²) in [5.74, 6) is 1.21. The van der Waals surface area contributed by atoms with Crippen LogP contribution in [-0.2, 0) is 0 Å². The largest absolute Gasteiger partial charge is 0.497 e. The van der Waals surface area contributed by atoms with Gasteiger partial charge < -0.3 is 10.1 Å². The van der Waals surface area contributed by atoms with E-state index in [1.807, 2.05) is 0 Å². The van der Waals surface area contributed by atoms with E-state index >= 15 is 0 Å². The van der Waals surface area contributed by atoms with Crippen LogP contribution in [0.25, 0.3) is 0 Å². The Morgan fingerprint density at radius 2 is 2.06 bits per heavy atom. The zero-order valence-electron chi connectivity index (χ0n) is 10.2. The smallest absolute Gasteiger partial charge is 0.251 e. The first kappa shape index (κ1) is 14.0. The maximum atomic E-state index is 11.8. The lowest BCUT2D eigenvalue weighted by atomic mass is 10.1. The number of carbonyl (C=O) groups excluding carboxylic acids is 1. The van der Waals surface area contributed by atoms with Gasteiger partial charge in [-0.25, -0.2) is 0 Å². The van der Waals surface area contributed by atoms with Gasteiger partial charge in [-0.2, -0.15) is 0 Å². The number of rotatable bonds is 6. The lowest BCUT2D eigenvalue weighted by molar-refractivity contribution is 0.0948. The molecule has 4 heteroatoms. The third-order valence-electron chi connectivity index (χ3n) is 2.57. The third kappa shape index (κ3) is 4.77. The summed E-state index contributed by atoms with van der Waals surface area (Å²) < 4.78 is 5.04. The van der Waals surface area contributed by atoms with Crippen molar-refractivity contribution in [2.75, 3.05) is 19.0 Å². The molecule has 1 N–H and O–H groups in total. The second kappa shape index (κ2) is 7.33. The van der Waals surface area contributed by atoms with E-state index in [0.29, 0.717) is 18.0 Å². The van der Waals surface area contributed by atoms with E-state index in [1.165, 1.54) is 0 Å². The Labute approximate surface area is 111 Å². The molecule has 17 heavy (non-hydrogen) atoms. The maximum absolute atomic E-state index is 11.8. The highest BCUT2D eigenvalue weighted by Gasteiger charge is 2.07. The van der Waals surface area contributed by atoms with Crippen molar-refractivity contribution in [1.82, 2.24) is 5.32 Å². The van der Waals surface area contributed by atoms with E-state index in [-0.39, 0.29) is 5.91 Å². The summed E-state index contributed by atoms with van der Waals surface area (Å²) in [6.45, 7) is 2.83. The monoisotopic (exact) mass is 299 g/mol. The van der Waals surface area contributed by atoms with Crippen molar-refractivity contribution in [1.29, 1.82) is 0 Å². The van der Waals surface area contributed by atoms with Gasteiger partial charge in [-0.15, -0.1) is 0 Å². The molecular formula is C13H18BrNO2. The fraction of sp³-hybridized carbons (Fsp3) is 0.462. The van der Waals surface area contributed by atoms with Crippen LogP contribution in [0.4, 0.5) is 0 Å². The molecule has 1 aromatic carbocycles. The fourth-order valence-electron chi connectivity index (χ4n) is 1.40. The van der Waals surface area contributed by atoms with Gasteiger partial charge in [-0.05, 0) is 36.6 Å². The molecule has 1 atom stereocenters. The van der Waals surface area contributed by atoms with Crippen LogP contribution in [0.5, 0.6) is 5.75 Å². The standard InChI is InChI=1S/C13H18BrNO2/c1-10(7-8-14)9-15-13(16)11-3-5-12(17-2)6-4-11/h3-6,10H,7-9H2,1-2H3,(H,15,16). The molecule has 1 unspecified atom stereocenters. The van der Waals surface area contributed by atoms with Gasteiger partial charge in [-0.3, -0.25) is 4.79 Å². The predicted molar refractivity (Wildman–Crippen MR) is 72.9 cm³/mol. The van der Waals surface area contributed by atoms with Gasteiger partial charge in [0.25, 0.3) is 5.91 Å². The molecule has 0 radical (unpaired) electrons. The predicted octanol–water partition coefficient (Wildman–Crippen LogP) is 2.85. The van der Waals surface area contributed by atoms with Crippen molar-refractivity contribution in [3.05, 3.63) is 29.8 Å². The Hall–Kier alpha value is -1.03. The van der Waals surface area contributed by atoms with Crippen LogP contribution in [-0.4, -0.2) is 24.9 Å². The maximum Gasteiger partial charge on any atom is 0.251 e. The zero-order chi connectivity index (χ0) is 12.7. The number of benzene rings is 1. The summed E-state index contributed by atoms with van der Waals surface area (Å²) in [7, 11) is 1.61. The average molecular weight is 300 g/mol. The molecule has 0 spiro atoms. The minimum Gasteiger partial charge on any atom is -0.497 e. The number of halogens is 1. The van der Waals surface area contributed by atoms with Crippen molar-refractivity contribution in [2.45, 2.75) is 13.3 Å². The number of ether oxygens (including phenoxy) is 1. The molecule has 0 aliphatic heterocycles. The summed E-state index contributed by atoms with van der Waals surface area (Å²) >= 11 is 3.39. The molecule has 0 saturated heterocycles. The minimum atomic E-state index is -0.0333. The Morgan fingerprint density at radius 1 is 1.41 bits per heavy atom. The van der Waals surface area contributed by atoms with Crippen LogP contribution >= 0.6 is 15.9 Å². The first-order valence-electron chi connectivity index (χ1n) is 5.65. The third-order valence-corrected chi connectivity index (χ3v) is 3.02. The van der Waals surface area contributed by atoms with E-state index < -0.39 is 0 Å². The number of methoxy groups -OCH3 is 1. The molecule has 94 valence electrons. The summed E-state index contributed by atoms with van der Waals surface area (Å²) in [4.78, 5) is 11.8. The topological polar surface area (TPSA) is 38.3 Å². The van der Waals surface area contributed by atoms with Gasteiger partial charge in [0, 0.05) is 17.4 Å². The average Bonchev–Trinajstić information content (AvgIpc) is 2.36. The number of nitrogens with one attached hydrogen (secondary N) is 1. The quantitative estimate of drug-likeness (QED) is 0.820. The molecule has 1 aromatic rings. The van der Waals surface area contributed by atoms with Crippen molar-refractivity contribution in [2.24, 2.45) is 5.92 Å². The number of carbonyl (C=O) groups is 1. The van der Waals surface area contributed by atoms with Crippen LogP contribution in [0, 0.1) is 5.92 Å². The zero-order valence-corrected chi connectivity index (χ0v) is 11.8. The molecular weight excluding hydrogens is 282 g/mol. The molecule has 0 aliphatic carbocycles. The van der Waals surface area contributed by atoms with Crippen LogP contribution in [0.2, 0.25) is 0 Å². The lowest BCUT2D eigenvalue weighted by Crippen LogP contribution is -2.28. The first-order valence-corrected chi connectivity index (χ1v) is 6.77. The van der Waals surface area contributed by atoms with E-state index in [0.717, 1.165) is 17.5 Å². The number of hydrogen-bond donors (Lipinski definition) is 1. The highest BCUT2D eigenvalue weighted by molar-refractivity contribution is 9.09. The van der Waals surface area contributed by atoms with Crippen molar-refractivity contribution < 1.29 is 9.53 Å². The van der Waals surface area contributed by atoms with Crippen LogP contribution in [0.1, 0.15) is 23.7 Å². The summed E-state index contributed by atoms with van der Waals surface area (Å²) in [6, 6.07) is 7.11. The highest BCUT2D eigenvalue weighted by atomic mass is 79.9. The van der Waals surface area contributed by atoms with Crippen molar-refractivity contribution in [3.63, 3.8) is 0 Å². The molecule has 0 aromatic heterocycles. The Bertz CT molecular complexity index is 351. The van der Waals surface area contributed by atoms with Crippen molar-refractivity contribution in [3.8, 4) is 5.75 Å². The Morgan fingerprint density at radius 3 is 2.59 bits per heavy atom. The first-order chi connectivity index (χ1) is 8.17. The van der Waals surface area contributed by atoms with E-state index in [9.17, 15) is 4.79 Å². The summed E-state index contributed by atoms with van der Waals surface area (Å²) in [5.41, 5.74) is 0.664. The van der Waals surface area contributed by atoms with Gasteiger partial charge in [0.15, 0.2) is 0 Å². The van der Waals surface area contributed by atoms with Crippen LogP contribution in [0.3, 0.4) is 0 Å². The van der Waals surface area contributed by atoms with Crippen molar-refractivity contribution >= 4 is 21.8 Å². The normalized spacial score (nSPS) is 11.9. The molecule has 3 nitrogen and oxygen atoms in total. The van der Waals surface area contributed by atoms with Gasteiger partial charge in [0.1, 0.15) is 5.75 Å². The molecule has 0 saturated carbocycles. The number of hydrogen-bond acceptors (Lipinski definition) is 2. The Balaban J connectivity index is 2.46. The minimum absolute atomic E-state index is 0.0333. The van der Waals surface area contributed by atoms with E-state index in [4.69, 9.17) is 4.74 Å². The van der Waals surface area contributed by atoms with Crippen LogP contribution in [0.15, 0.2) is 24.3 Å². The lowest BCUT2D eigenvalue weighted by Gasteiger charge is -2.11. The highest BCUT2D eigenvalue weighted by Crippen LogP contribution is 2.11. The molecule has 0 fully saturated rings. The van der Waals surface area contributed by atoms with E-state index in [1.54, 1.807) is 31.4 Å². The SMILES string of the molecule is COc1ccc(C(=O)NCC(C)CCBr)cc1. The summed E-state index contributed by atoms with van der Waals surface area (Å²) in [5, 5.41) is 3.89. The van der Waals surface area contributed by atoms with Gasteiger partial charge in [0.2, 0.25) is 0 Å². The van der Waals surface area contributed by atoms with E-state index in [2.05, 4.69) is 28.2 Å². The molecule has 0 bridgehead atoms. The molecule has 1 rings (SSSR count). The van der Waals surface area contributed by atoms with Gasteiger partial charge in [0.05, 0.1) is 7.11 Å². The van der Waals surface area contributed by atoms with Crippen LogP contribution < -0.4 is 10.1 Å². The second-order valence-corrected chi connectivity index (χ2v) is 4.81. The Kier molecular flexibility index (Phi) is 6.05. The second-order valence-electron chi connectivity index (χ2n) is 4.02. The molecule has 1 amide bonds. The molecule has 0 aliphatic rings. The molecule has 0 heterocycles. The summed E-state index contributed by atoms with van der Waals surface area (Å²) in [6.07, 6.45) is 1.06. The van der Waals surface area contributed by atoms with Gasteiger partial charge in [-0.1, -0.05) is 22.9 Å².